The van der Waals surface area contributed by atoms with Gasteiger partial charge in [-0.25, -0.2) is 9.36 Å². The van der Waals surface area contributed by atoms with Crippen molar-refractivity contribution in [1.82, 2.24) is 9.55 Å². The van der Waals surface area contributed by atoms with Gasteiger partial charge in [-0.15, -0.1) is 0 Å². The first-order chi connectivity index (χ1) is 13.1. The summed E-state index contributed by atoms with van der Waals surface area (Å²) >= 11 is 0. The smallest absolute Gasteiger partial charge is 0.322 e. The Labute approximate surface area is 153 Å². The molecule has 4 rings (SSSR count). The zero-order chi connectivity index (χ0) is 18.8. The molecular weight excluding hydrogens is 342 g/mol. The third-order valence-electron chi connectivity index (χ3n) is 4.22. The number of H-pyrrole nitrogens is 1. The lowest BCUT2D eigenvalue weighted by atomic mass is 10.1. The van der Waals surface area contributed by atoms with Crippen LogP contribution in [0.5, 0.6) is 0 Å². The average Bonchev–Trinajstić information content (AvgIpc) is 2.69. The number of rotatable bonds is 3. The van der Waals surface area contributed by atoms with E-state index in [0.29, 0.717) is 27.8 Å². The second-order valence-corrected chi connectivity index (χ2v) is 5.98. The van der Waals surface area contributed by atoms with Crippen molar-refractivity contribution in [2.45, 2.75) is 0 Å². The summed E-state index contributed by atoms with van der Waals surface area (Å²) < 4.78 is 1.06. The molecule has 1 amide bonds. The van der Waals surface area contributed by atoms with Crippen LogP contribution in [-0.2, 0) is 0 Å². The summed E-state index contributed by atoms with van der Waals surface area (Å²) in [7, 11) is 0. The van der Waals surface area contributed by atoms with E-state index in [1.807, 2.05) is 18.2 Å². The van der Waals surface area contributed by atoms with Gasteiger partial charge >= 0.3 is 5.69 Å². The minimum absolute atomic E-state index is 0.271. The topological polar surface area (TPSA) is 84.0 Å². The average molecular weight is 357 g/mol. The van der Waals surface area contributed by atoms with Crippen LogP contribution in [0.15, 0.2) is 88.5 Å². The summed E-state index contributed by atoms with van der Waals surface area (Å²) in [6, 6.07) is 22.2. The number of hydrogen-bond donors (Lipinski definition) is 2. The van der Waals surface area contributed by atoms with E-state index in [1.54, 1.807) is 60.7 Å². The number of fused-ring (bicyclic) bond motifs is 1. The first-order valence-electron chi connectivity index (χ1n) is 8.34. The van der Waals surface area contributed by atoms with Gasteiger partial charge in [0.15, 0.2) is 0 Å². The van der Waals surface area contributed by atoms with Gasteiger partial charge < -0.3 is 10.3 Å². The molecule has 0 aliphatic rings. The Hall–Kier alpha value is -3.93. The Morgan fingerprint density at radius 2 is 1.48 bits per heavy atom. The van der Waals surface area contributed by atoms with Crippen molar-refractivity contribution in [1.29, 1.82) is 0 Å². The van der Waals surface area contributed by atoms with Crippen LogP contribution < -0.4 is 16.6 Å². The second-order valence-electron chi connectivity index (χ2n) is 5.98. The molecule has 6 heteroatoms. The molecule has 0 saturated heterocycles. The van der Waals surface area contributed by atoms with Crippen LogP contribution in [-0.4, -0.2) is 15.5 Å². The zero-order valence-corrected chi connectivity index (χ0v) is 14.2. The van der Waals surface area contributed by atoms with E-state index in [2.05, 4.69) is 10.3 Å². The van der Waals surface area contributed by atoms with Crippen molar-refractivity contribution in [2.24, 2.45) is 0 Å². The molecule has 27 heavy (non-hydrogen) atoms. The maximum Gasteiger partial charge on any atom is 0.333 e. The van der Waals surface area contributed by atoms with Crippen LogP contribution in [0.3, 0.4) is 0 Å². The van der Waals surface area contributed by atoms with Crippen molar-refractivity contribution >= 4 is 22.5 Å². The minimum atomic E-state index is -0.528. The Morgan fingerprint density at radius 1 is 0.815 bits per heavy atom. The summed E-state index contributed by atoms with van der Waals surface area (Å²) in [5.74, 6) is -0.271. The van der Waals surface area contributed by atoms with E-state index in [0.717, 1.165) is 4.57 Å². The summed E-state index contributed by atoms with van der Waals surface area (Å²) in [6.07, 6.45) is 0. The highest BCUT2D eigenvalue weighted by atomic mass is 16.2. The lowest BCUT2D eigenvalue weighted by Crippen LogP contribution is -2.33. The predicted molar refractivity (Wildman–Crippen MR) is 105 cm³/mol. The zero-order valence-electron chi connectivity index (χ0n) is 14.2. The minimum Gasteiger partial charge on any atom is -0.322 e. The third kappa shape index (κ3) is 3.16. The monoisotopic (exact) mass is 357 g/mol. The fraction of sp³-hybridized carbons (Fsp3) is 0. The lowest BCUT2D eigenvalue weighted by molar-refractivity contribution is 0.102. The number of anilines is 1. The molecule has 2 N–H and O–H groups in total. The fourth-order valence-electron chi connectivity index (χ4n) is 2.88. The molecule has 132 valence electrons. The van der Waals surface area contributed by atoms with Crippen LogP contribution in [0.2, 0.25) is 0 Å². The normalized spacial score (nSPS) is 10.7. The van der Waals surface area contributed by atoms with Crippen molar-refractivity contribution in [2.75, 3.05) is 5.32 Å². The molecule has 4 aromatic rings. The number of nitrogens with zero attached hydrogens (tertiary/aromatic N) is 1. The number of benzene rings is 3. The van der Waals surface area contributed by atoms with E-state index in [9.17, 15) is 14.4 Å². The lowest BCUT2D eigenvalue weighted by Gasteiger charge is -2.08. The molecule has 0 atom stereocenters. The van der Waals surface area contributed by atoms with Crippen molar-refractivity contribution in [3.63, 3.8) is 0 Å². The number of nitrogens with one attached hydrogen (secondary N) is 2. The van der Waals surface area contributed by atoms with Gasteiger partial charge in [0.1, 0.15) is 0 Å². The highest BCUT2D eigenvalue weighted by molar-refractivity contribution is 6.04. The van der Waals surface area contributed by atoms with Crippen molar-refractivity contribution in [3.05, 3.63) is 105 Å². The maximum absolute atomic E-state index is 12.7. The Morgan fingerprint density at radius 3 is 2.22 bits per heavy atom. The van der Waals surface area contributed by atoms with Gasteiger partial charge in [-0.05, 0) is 48.5 Å². The summed E-state index contributed by atoms with van der Waals surface area (Å²) in [5, 5.41) is 3.21. The number of amides is 1. The van der Waals surface area contributed by atoms with Gasteiger partial charge in [-0.1, -0.05) is 30.3 Å². The van der Waals surface area contributed by atoms with Crippen LogP contribution in [0.1, 0.15) is 10.4 Å². The molecule has 1 aromatic heterocycles. The second kappa shape index (κ2) is 6.76. The molecule has 0 fully saturated rings. The number of carbonyl (C=O) groups excluding carboxylic acids is 1. The van der Waals surface area contributed by atoms with Gasteiger partial charge in [0.25, 0.3) is 11.5 Å². The first kappa shape index (κ1) is 16.5. The van der Waals surface area contributed by atoms with Gasteiger partial charge in [0.2, 0.25) is 0 Å². The van der Waals surface area contributed by atoms with E-state index in [4.69, 9.17) is 0 Å². The summed E-state index contributed by atoms with van der Waals surface area (Å²) in [5.41, 5.74) is 1.06. The molecular formula is C21H15N3O3. The number of carbonyl (C=O) groups is 1. The molecule has 0 aliphatic heterocycles. The number of aromatic amines is 1. The first-order valence-corrected chi connectivity index (χ1v) is 8.34. The third-order valence-corrected chi connectivity index (χ3v) is 4.22. The van der Waals surface area contributed by atoms with Gasteiger partial charge in [0, 0.05) is 11.3 Å². The highest BCUT2D eigenvalue weighted by Gasteiger charge is 2.11. The largest absolute Gasteiger partial charge is 0.333 e. The van der Waals surface area contributed by atoms with E-state index in [-0.39, 0.29) is 5.91 Å². The highest BCUT2D eigenvalue weighted by Crippen LogP contribution is 2.12. The summed E-state index contributed by atoms with van der Waals surface area (Å²) in [6.45, 7) is 0. The molecule has 0 spiro atoms. The van der Waals surface area contributed by atoms with Crippen molar-refractivity contribution < 1.29 is 4.79 Å². The van der Waals surface area contributed by atoms with E-state index < -0.39 is 11.2 Å². The molecule has 0 aliphatic carbocycles. The maximum atomic E-state index is 12.7. The number of para-hydroxylation sites is 2. The number of hydrogen-bond acceptors (Lipinski definition) is 3. The molecule has 6 nitrogen and oxygen atoms in total. The summed E-state index contributed by atoms with van der Waals surface area (Å²) in [4.78, 5) is 40.0. The van der Waals surface area contributed by atoms with E-state index >= 15 is 0 Å². The van der Waals surface area contributed by atoms with Crippen molar-refractivity contribution in [3.8, 4) is 5.69 Å². The molecule has 0 bridgehead atoms. The molecule has 0 radical (unpaired) electrons. The molecule has 3 aromatic carbocycles. The van der Waals surface area contributed by atoms with Gasteiger partial charge in [-0.2, -0.15) is 0 Å². The van der Waals surface area contributed by atoms with Crippen LogP contribution in [0.25, 0.3) is 16.6 Å². The molecule has 0 unspecified atom stereocenters. The Kier molecular flexibility index (Phi) is 4.14. The van der Waals surface area contributed by atoms with Gasteiger partial charge in [0.05, 0.1) is 16.6 Å². The van der Waals surface area contributed by atoms with Crippen LogP contribution in [0, 0.1) is 0 Å². The molecule has 1 heterocycles. The van der Waals surface area contributed by atoms with Crippen LogP contribution >= 0.6 is 0 Å². The standard InChI is InChI=1S/C21H15N3O3/c25-19(22-15-6-2-1-3-7-15)14-10-12-16(13-11-14)24-20(26)17-8-4-5-9-18(17)23-21(24)27/h1-13H,(H,22,25)(H,23,27). The van der Waals surface area contributed by atoms with Gasteiger partial charge in [-0.3, -0.25) is 9.59 Å². The SMILES string of the molecule is O=C(Nc1ccccc1)c1ccc(-n2c(=O)[nH]c3ccccc3c2=O)cc1. The predicted octanol–water partition coefficient (Wildman–Crippen LogP) is 2.93. The van der Waals surface area contributed by atoms with Crippen LogP contribution in [0.4, 0.5) is 5.69 Å². The van der Waals surface area contributed by atoms with E-state index in [1.165, 1.54) is 0 Å². The number of aromatic nitrogens is 2. The Bertz CT molecular complexity index is 1240. The Balaban J connectivity index is 1.69. The molecule has 0 saturated carbocycles. The quantitative estimate of drug-likeness (QED) is 0.591. The fourth-order valence-corrected chi connectivity index (χ4v) is 2.88.